The van der Waals surface area contributed by atoms with Gasteiger partial charge in [-0.15, -0.1) is 0 Å². The van der Waals surface area contributed by atoms with E-state index in [4.69, 9.17) is 14.2 Å². The number of esters is 1. The highest BCUT2D eigenvalue weighted by Crippen LogP contribution is 2.26. The topological polar surface area (TPSA) is 65.1 Å². The lowest BCUT2D eigenvalue weighted by Crippen LogP contribution is -2.46. The van der Waals surface area contributed by atoms with Crippen LogP contribution < -0.4 is 4.74 Å². The van der Waals surface area contributed by atoms with Crippen molar-refractivity contribution in [1.29, 1.82) is 0 Å². The van der Waals surface area contributed by atoms with Gasteiger partial charge in [-0.05, 0) is 43.0 Å². The zero-order valence-electron chi connectivity index (χ0n) is 15.6. The van der Waals surface area contributed by atoms with Crippen LogP contribution in [0.1, 0.15) is 40.7 Å². The standard InChI is InChI=1S/C22H23NO5/c24-21-20-10-9-19(12-17(20)14-27-21)26-15-18-8-4-5-11-23(18)22(25)28-13-16-6-2-1-3-7-16/h1-3,6-7,9-10,12,18H,4-5,8,11,13-15H2/t18-/m1/s1. The van der Waals surface area contributed by atoms with Crippen LogP contribution in [0.3, 0.4) is 0 Å². The molecule has 0 spiro atoms. The summed E-state index contributed by atoms with van der Waals surface area (Å²) in [5.41, 5.74) is 2.40. The van der Waals surface area contributed by atoms with Crippen LogP contribution in [0, 0.1) is 0 Å². The number of ether oxygens (including phenoxy) is 3. The number of hydrogen-bond acceptors (Lipinski definition) is 5. The van der Waals surface area contributed by atoms with Gasteiger partial charge in [-0.2, -0.15) is 0 Å². The largest absolute Gasteiger partial charge is 0.491 e. The molecule has 0 aliphatic carbocycles. The summed E-state index contributed by atoms with van der Waals surface area (Å²) in [5.74, 6) is 0.390. The van der Waals surface area contributed by atoms with E-state index in [1.54, 1.807) is 17.0 Å². The molecule has 0 bridgehead atoms. The molecule has 1 amide bonds. The molecule has 0 aromatic heterocycles. The molecule has 1 saturated heterocycles. The number of rotatable bonds is 5. The van der Waals surface area contributed by atoms with Crippen molar-refractivity contribution in [1.82, 2.24) is 4.90 Å². The average molecular weight is 381 g/mol. The zero-order valence-corrected chi connectivity index (χ0v) is 15.6. The molecule has 2 aliphatic rings. The normalized spacial score (nSPS) is 18.4. The van der Waals surface area contributed by atoms with Crippen molar-refractivity contribution in [3.63, 3.8) is 0 Å². The SMILES string of the molecule is O=C1OCc2cc(OC[C@H]3CCCCN3C(=O)OCc3ccccc3)ccc21. The van der Waals surface area contributed by atoms with Gasteiger partial charge < -0.3 is 19.1 Å². The molecule has 2 aliphatic heterocycles. The highest BCUT2D eigenvalue weighted by Gasteiger charge is 2.29. The van der Waals surface area contributed by atoms with Crippen molar-refractivity contribution in [2.24, 2.45) is 0 Å². The first-order valence-corrected chi connectivity index (χ1v) is 9.61. The van der Waals surface area contributed by atoms with Crippen LogP contribution in [-0.2, 0) is 22.7 Å². The molecule has 6 nitrogen and oxygen atoms in total. The number of cyclic esters (lactones) is 1. The van der Waals surface area contributed by atoms with E-state index in [9.17, 15) is 9.59 Å². The third kappa shape index (κ3) is 4.11. The van der Waals surface area contributed by atoms with E-state index in [1.165, 1.54) is 0 Å². The Labute approximate surface area is 164 Å². The lowest BCUT2D eigenvalue weighted by atomic mass is 10.0. The fourth-order valence-electron chi connectivity index (χ4n) is 3.61. The molecular formula is C22H23NO5. The predicted octanol–water partition coefficient (Wildman–Crippen LogP) is 3.93. The summed E-state index contributed by atoms with van der Waals surface area (Å²) in [6.45, 7) is 1.62. The molecule has 1 atom stereocenters. The molecule has 0 radical (unpaired) electrons. The molecule has 6 heteroatoms. The number of amides is 1. The summed E-state index contributed by atoms with van der Waals surface area (Å²) in [4.78, 5) is 25.9. The zero-order chi connectivity index (χ0) is 19.3. The van der Waals surface area contributed by atoms with Gasteiger partial charge in [0.05, 0.1) is 11.6 Å². The maximum absolute atomic E-state index is 12.6. The lowest BCUT2D eigenvalue weighted by molar-refractivity contribution is 0.0533. The van der Waals surface area contributed by atoms with Gasteiger partial charge >= 0.3 is 12.1 Å². The van der Waals surface area contributed by atoms with Gasteiger partial charge in [-0.1, -0.05) is 30.3 Å². The lowest BCUT2D eigenvalue weighted by Gasteiger charge is -2.34. The van der Waals surface area contributed by atoms with Crippen molar-refractivity contribution in [3.8, 4) is 5.75 Å². The van der Waals surface area contributed by atoms with E-state index in [1.807, 2.05) is 36.4 Å². The molecule has 2 aromatic rings. The molecule has 4 rings (SSSR count). The van der Waals surface area contributed by atoms with Crippen LogP contribution >= 0.6 is 0 Å². The van der Waals surface area contributed by atoms with Crippen molar-refractivity contribution in [3.05, 3.63) is 65.2 Å². The van der Waals surface area contributed by atoms with E-state index in [-0.39, 0.29) is 31.3 Å². The van der Waals surface area contributed by atoms with E-state index >= 15 is 0 Å². The summed E-state index contributed by atoms with van der Waals surface area (Å²) >= 11 is 0. The summed E-state index contributed by atoms with van der Waals surface area (Å²) in [5, 5.41) is 0. The second-order valence-electron chi connectivity index (χ2n) is 7.09. The first-order valence-electron chi connectivity index (χ1n) is 9.61. The minimum atomic E-state index is -0.301. The highest BCUT2D eigenvalue weighted by atomic mass is 16.6. The number of carbonyl (C=O) groups excluding carboxylic acids is 2. The average Bonchev–Trinajstić information content (AvgIpc) is 3.11. The van der Waals surface area contributed by atoms with Gasteiger partial charge in [-0.25, -0.2) is 9.59 Å². The van der Waals surface area contributed by atoms with E-state index in [0.29, 0.717) is 24.5 Å². The van der Waals surface area contributed by atoms with Gasteiger partial charge in [0.1, 0.15) is 25.6 Å². The Kier molecular flexibility index (Phi) is 5.46. The third-order valence-electron chi connectivity index (χ3n) is 5.16. The smallest absolute Gasteiger partial charge is 0.410 e. The molecular weight excluding hydrogens is 358 g/mol. The molecule has 2 heterocycles. The highest BCUT2D eigenvalue weighted by molar-refractivity contribution is 5.93. The van der Waals surface area contributed by atoms with Gasteiger partial charge in [0.25, 0.3) is 0 Å². The van der Waals surface area contributed by atoms with Crippen LogP contribution in [0.15, 0.2) is 48.5 Å². The summed E-state index contributed by atoms with van der Waals surface area (Å²) in [6, 6.07) is 15.0. The Morgan fingerprint density at radius 2 is 2.00 bits per heavy atom. The quantitative estimate of drug-likeness (QED) is 0.735. The molecule has 28 heavy (non-hydrogen) atoms. The third-order valence-corrected chi connectivity index (χ3v) is 5.16. The van der Waals surface area contributed by atoms with Crippen LogP contribution in [0.4, 0.5) is 4.79 Å². The second kappa shape index (κ2) is 8.33. The van der Waals surface area contributed by atoms with Crippen molar-refractivity contribution < 1.29 is 23.8 Å². The van der Waals surface area contributed by atoms with Crippen molar-refractivity contribution in [2.45, 2.75) is 38.5 Å². The summed E-state index contributed by atoms with van der Waals surface area (Å²) in [7, 11) is 0. The van der Waals surface area contributed by atoms with Crippen LogP contribution in [0.5, 0.6) is 5.75 Å². The van der Waals surface area contributed by atoms with Gasteiger partial charge in [0, 0.05) is 12.1 Å². The van der Waals surface area contributed by atoms with E-state index in [2.05, 4.69) is 0 Å². The molecule has 0 saturated carbocycles. The summed E-state index contributed by atoms with van der Waals surface area (Å²) in [6.07, 6.45) is 2.61. The number of fused-ring (bicyclic) bond motifs is 1. The number of likely N-dealkylation sites (tertiary alicyclic amines) is 1. The van der Waals surface area contributed by atoms with Crippen LogP contribution in [0.2, 0.25) is 0 Å². The van der Waals surface area contributed by atoms with Gasteiger partial charge in [-0.3, -0.25) is 0 Å². The maximum Gasteiger partial charge on any atom is 0.410 e. The predicted molar refractivity (Wildman–Crippen MR) is 102 cm³/mol. The first kappa shape index (κ1) is 18.3. The Bertz CT molecular complexity index is 851. The second-order valence-corrected chi connectivity index (χ2v) is 7.09. The Morgan fingerprint density at radius 3 is 2.86 bits per heavy atom. The number of benzene rings is 2. The maximum atomic E-state index is 12.6. The van der Waals surface area contributed by atoms with E-state index < -0.39 is 0 Å². The number of carbonyl (C=O) groups is 2. The molecule has 2 aromatic carbocycles. The number of piperidine rings is 1. The Balaban J connectivity index is 1.34. The minimum absolute atomic E-state index is 0.0249. The fourth-order valence-corrected chi connectivity index (χ4v) is 3.61. The van der Waals surface area contributed by atoms with Crippen LogP contribution in [0.25, 0.3) is 0 Å². The van der Waals surface area contributed by atoms with Crippen molar-refractivity contribution >= 4 is 12.1 Å². The van der Waals surface area contributed by atoms with Crippen molar-refractivity contribution in [2.75, 3.05) is 13.2 Å². The van der Waals surface area contributed by atoms with E-state index in [0.717, 1.165) is 30.4 Å². The van der Waals surface area contributed by atoms with Crippen LogP contribution in [-0.4, -0.2) is 36.2 Å². The van der Waals surface area contributed by atoms with Gasteiger partial charge in [0.2, 0.25) is 0 Å². The Morgan fingerprint density at radius 1 is 1.14 bits per heavy atom. The molecule has 0 N–H and O–H groups in total. The minimum Gasteiger partial charge on any atom is -0.491 e. The molecule has 0 unspecified atom stereocenters. The number of nitrogens with zero attached hydrogens (tertiary/aromatic N) is 1. The molecule has 146 valence electrons. The monoisotopic (exact) mass is 381 g/mol. The number of hydrogen-bond donors (Lipinski definition) is 0. The summed E-state index contributed by atoms with van der Waals surface area (Å²) < 4.78 is 16.5. The Hall–Kier alpha value is -3.02. The molecule has 1 fully saturated rings. The first-order chi connectivity index (χ1) is 13.7. The van der Waals surface area contributed by atoms with Gasteiger partial charge in [0.15, 0.2) is 0 Å². The fraction of sp³-hybridized carbons (Fsp3) is 0.364.